The Bertz CT molecular complexity index is 425. The molecule has 0 aromatic rings. The third-order valence-electron chi connectivity index (χ3n) is 2.33. The van der Waals surface area contributed by atoms with Crippen molar-refractivity contribution in [3.63, 3.8) is 0 Å². The topological polar surface area (TPSA) is 37.0 Å². The molecule has 1 heterocycles. The number of hydrogen-bond acceptors (Lipinski definition) is 3. The fourth-order valence-corrected chi connectivity index (χ4v) is 1.56. The summed E-state index contributed by atoms with van der Waals surface area (Å²) in [6.07, 6.45) is 16.5. The van der Waals surface area contributed by atoms with Crippen molar-refractivity contribution in [3.8, 4) is 0 Å². The maximum atomic E-state index is 5.53. The molecule has 0 saturated heterocycles. The molecule has 0 unspecified atom stereocenters. The Hall–Kier alpha value is -1.97. The fourth-order valence-electron chi connectivity index (χ4n) is 1.56. The zero-order valence-electron chi connectivity index (χ0n) is 9.84. The van der Waals surface area contributed by atoms with Gasteiger partial charge in [-0.2, -0.15) is 9.68 Å². The SMILES string of the molecule is CCO/C(CC=C1C=CCC=C1)=[N+]1/[C-]=NC=N1. The molecular formula is C13H15N3O. The average molecular weight is 229 g/mol. The quantitative estimate of drug-likeness (QED) is 0.415. The Morgan fingerprint density at radius 1 is 1.53 bits per heavy atom. The Balaban J connectivity index is 2.08. The lowest BCUT2D eigenvalue weighted by atomic mass is 10.1. The van der Waals surface area contributed by atoms with Gasteiger partial charge in [0, 0.05) is 6.42 Å². The van der Waals surface area contributed by atoms with E-state index in [2.05, 4.69) is 46.8 Å². The Morgan fingerprint density at radius 3 is 3.00 bits per heavy atom. The van der Waals surface area contributed by atoms with E-state index in [4.69, 9.17) is 4.74 Å². The van der Waals surface area contributed by atoms with Gasteiger partial charge in [0.1, 0.15) is 0 Å². The van der Waals surface area contributed by atoms with Crippen molar-refractivity contribution >= 4 is 18.6 Å². The smallest absolute Gasteiger partial charge is 0.279 e. The van der Waals surface area contributed by atoms with Crippen LogP contribution in [0.5, 0.6) is 0 Å². The molecule has 0 spiro atoms. The number of allylic oxidation sites excluding steroid dienone is 5. The predicted octanol–water partition coefficient (Wildman–Crippen LogP) is 2.13. The number of hydrazone groups is 1. The molecule has 4 heteroatoms. The normalized spacial score (nSPS) is 19.9. The molecule has 4 nitrogen and oxygen atoms in total. The van der Waals surface area contributed by atoms with Gasteiger partial charge in [0.15, 0.2) is 12.2 Å². The molecule has 0 aromatic carbocycles. The van der Waals surface area contributed by atoms with Gasteiger partial charge in [-0.25, -0.2) is 0 Å². The van der Waals surface area contributed by atoms with Crippen LogP contribution >= 0.6 is 0 Å². The molecule has 0 saturated carbocycles. The maximum Gasteiger partial charge on any atom is 0.279 e. The van der Waals surface area contributed by atoms with Crippen molar-refractivity contribution in [1.82, 2.24) is 0 Å². The minimum absolute atomic E-state index is 0.609. The standard InChI is InChI=1S/C13H15N3O/c1-2-17-13(16-11-14-10-15-16)9-8-12-6-4-3-5-7-12/h4-8,10H,2-3,9H2,1H3. The predicted molar refractivity (Wildman–Crippen MR) is 68.4 cm³/mol. The van der Waals surface area contributed by atoms with Crippen LogP contribution < -0.4 is 0 Å². The summed E-state index contributed by atoms with van der Waals surface area (Å²) in [5.74, 6) is 0.741. The summed E-state index contributed by atoms with van der Waals surface area (Å²) in [6, 6.07) is 0. The molecule has 1 aliphatic carbocycles. The number of ether oxygens (including phenoxy) is 1. The average Bonchev–Trinajstić information content (AvgIpc) is 2.89. The van der Waals surface area contributed by atoms with E-state index < -0.39 is 0 Å². The molecular weight excluding hydrogens is 214 g/mol. The van der Waals surface area contributed by atoms with Crippen molar-refractivity contribution in [2.24, 2.45) is 10.1 Å². The van der Waals surface area contributed by atoms with E-state index in [1.165, 1.54) is 16.6 Å². The summed E-state index contributed by atoms with van der Waals surface area (Å²) >= 11 is 0. The van der Waals surface area contributed by atoms with Crippen molar-refractivity contribution in [3.05, 3.63) is 36.0 Å². The molecule has 0 N–H and O–H groups in total. The maximum absolute atomic E-state index is 5.53. The Morgan fingerprint density at radius 2 is 2.35 bits per heavy atom. The zero-order valence-corrected chi connectivity index (χ0v) is 9.84. The Kier molecular flexibility index (Phi) is 4.02. The molecule has 0 fully saturated rings. The van der Waals surface area contributed by atoms with E-state index in [9.17, 15) is 0 Å². The lowest BCUT2D eigenvalue weighted by Gasteiger charge is -2.10. The summed E-state index contributed by atoms with van der Waals surface area (Å²) in [5, 5.41) is 4.02. The van der Waals surface area contributed by atoms with E-state index in [0.717, 1.165) is 12.3 Å². The summed E-state index contributed by atoms with van der Waals surface area (Å²) < 4.78 is 7.07. The first-order chi connectivity index (χ1) is 8.40. The van der Waals surface area contributed by atoms with E-state index in [0.29, 0.717) is 13.0 Å². The van der Waals surface area contributed by atoms with Crippen LogP contribution in [-0.4, -0.2) is 29.9 Å². The third-order valence-corrected chi connectivity index (χ3v) is 2.33. The second kappa shape index (κ2) is 5.94. The second-order valence-electron chi connectivity index (χ2n) is 3.55. The fraction of sp³-hybridized carbons (Fsp3) is 0.308. The van der Waals surface area contributed by atoms with Crippen LogP contribution in [0.2, 0.25) is 0 Å². The van der Waals surface area contributed by atoms with Gasteiger partial charge in [0.05, 0.1) is 6.61 Å². The van der Waals surface area contributed by atoms with E-state index in [-0.39, 0.29) is 0 Å². The van der Waals surface area contributed by atoms with Gasteiger partial charge >= 0.3 is 0 Å². The number of hydrogen-bond donors (Lipinski definition) is 0. The summed E-state index contributed by atoms with van der Waals surface area (Å²) in [5.41, 5.74) is 1.19. The minimum Gasteiger partial charge on any atom is -0.520 e. The Labute approximate surface area is 101 Å². The van der Waals surface area contributed by atoms with Gasteiger partial charge in [-0.1, -0.05) is 30.4 Å². The van der Waals surface area contributed by atoms with Gasteiger partial charge in [-0.05, 0) is 18.9 Å². The van der Waals surface area contributed by atoms with Crippen LogP contribution in [0.4, 0.5) is 0 Å². The van der Waals surface area contributed by atoms with Crippen LogP contribution in [0.1, 0.15) is 19.8 Å². The monoisotopic (exact) mass is 229 g/mol. The highest BCUT2D eigenvalue weighted by atomic mass is 16.5. The molecule has 2 rings (SSSR count). The van der Waals surface area contributed by atoms with Crippen LogP contribution in [-0.2, 0) is 4.74 Å². The van der Waals surface area contributed by atoms with Gasteiger partial charge < -0.3 is 4.74 Å². The lowest BCUT2D eigenvalue weighted by Crippen LogP contribution is -2.16. The molecule has 88 valence electrons. The van der Waals surface area contributed by atoms with Gasteiger partial charge in [0.25, 0.3) is 6.34 Å². The van der Waals surface area contributed by atoms with Crippen molar-refractivity contribution in [2.45, 2.75) is 19.8 Å². The molecule has 0 radical (unpaired) electrons. The molecule has 2 aliphatic rings. The van der Waals surface area contributed by atoms with Gasteiger partial charge in [-0.15, -0.1) is 5.10 Å². The molecule has 0 bridgehead atoms. The van der Waals surface area contributed by atoms with Crippen LogP contribution in [0.15, 0.2) is 46.0 Å². The van der Waals surface area contributed by atoms with Crippen molar-refractivity contribution in [2.75, 3.05) is 6.61 Å². The first kappa shape index (κ1) is 11.5. The highest BCUT2D eigenvalue weighted by Crippen LogP contribution is 2.09. The van der Waals surface area contributed by atoms with Gasteiger partial charge in [-0.3, -0.25) is 0 Å². The lowest BCUT2D eigenvalue weighted by molar-refractivity contribution is -0.411. The van der Waals surface area contributed by atoms with E-state index in [1.54, 1.807) is 0 Å². The molecule has 0 amide bonds. The van der Waals surface area contributed by atoms with Crippen LogP contribution in [0.25, 0.3) is 0 Å². The number of nitrogens with zero attached hydrogens (tertiary/aromatic N) is 3. The summed E-state index contributed by atoms with van der Waals surface area (Å²) in [6.45, 7) is 2.56. The van der Waals surface area contributed by atoms with Crippen LogP contribution in [0.3, 0.4) is 0 Å². The number of rotatable bonds is 3. The van der Waals surface area contributed by atoms with E-state index >= 15 is 0 Å². The first-order valence-electron chi connectivity index (χ1n) is 5.70. The molecule has 1 aliphatic heterocycles. The highest BCUT2D eigenvalue weighted by Gasteiger charge is 2.05. The first-order valence-corrected chi connectivity index (χ1v) is 5.70. The molecule has 0 atom stereocenters. The minimum atomic E-state index is 0.609. The highest BCUT2D eigenvalue weighted by molar-refractivity contribution is 5.80. The van der Waals surface area contributed by atoms with Crippen LogP contribution in [0, 0.1) is 0 Å². The number of aliphatic imine (C=N–C) groups is 1. The summed E-state index contributed by atoms with van der Waals surface area (Å²) in [4.78, 5) is 3.80. The molecule has 17 heavy (non-hydrogen) atoms. The third kappa shape index (κ3) is 3.24. The largest absolute Gasteiger partial charge is 0.520 e. The zero-order chi connectivity index (χ0) is 11.9. The molecule has 0 aromatic heterocycles. The van der Waals surface area contributed by atoms with Crippen molar-refractivity contribution in [1.29, 1.82) is 0 Å². The van der Waals surface area contributed by atoms with Crippen molar-refractivity contribution < 1.29 is 9.42 Å². The van der Waals surface area contributed by atoms with Gasteiger partial charge in [0.2, 0.25) is 0 Å². The van der Waals surface area contributed by atoms with E-state index in [1.807, 2.05) is 6.92 Å². The second-order valence-corrected chi connectivity index (χ2v) is 3.55. The summed E-state index contributed by atoms with van der Waals surface area (Å²) in [7, 11) is 0.